The van der Waals surface area contributed by atoms with Crippen LogP contribution in [-0.4, -0.2) is 36.3 Å². The van der Waals surface area contributed by atoms with Crippen molar-refractivity contribution in [3.8, 4) is 0 Å². The van der Waals surface area contributed by atoms with E-state index in [0.717, 1.165) is 25.2 Å². The minimum absolute atomic E-state index is 0. The van der Waals surface area contributed by atoms with Crippen LogP contribution in [0.1, 0.15) is 59.3 Å². The Balaban J connectivity index is -0.000000124. The van der Waals surface area contributed by atoms with Gasteiger partial charge in [0.2, 0.25) is 0 Å². The maximum absolute atomic E-state index is 10.5. The Hall–Kier alpha value is 0.771. The predicted molar refractivity (Wildman–Crippen MR) is 82.5 cm³/mol. The average Bonchev–Trinajstić information content (AvgIpc) is 2.34. The van der Waals surface area contributed by atoms with E-state index < -0.39 is 8.32 Å². The molecule has 0 heterocycles. The van der Waals surface area contributed by atoms with Crippen molar-refractivity contribution in [3.05, 3.63) is 0 Å². The van der Waals surface area contributed by atoms with E-state index in [2.05, 4.69) is 20.8 Å². The topological polar surface area (TPSA) is 103 Å². The SMILES string of the molecule is CCCC[Si](O)(CCCC)CCCC.CO.O.O.[Ti]. The Bertz CT molecular complexity index is 118. The largest absolute Gasteiger partial charge is 0.432 e. The normalized spacial score (nSPS) is 9.16. The molecular weight excluding hydrogens is 296 g/mol. The summed E-state index contributed by atoms with van der Waals surface area (Å²) in [7, 11) is -0.812. The van der Waals surface area contributed by atoms with Crippen molar-refractivity contribution >= 4 is 8.32 Å². The molecule has 4 nitrogen and oxygen atoms in total. The molecule has 19 heavy (non-hydrogen) atoms. The molecule has 0 rings (SSSR count). The molecule has 0 aromatic heterocycles. The van der Waals surface area contributed by atoms with Gasteiger partial charge in [0, 0.05) is 28.8 Å². The van der Waals surface area contributed by atoms with Crippen LogP contribution >= 0.6 is 0 Å². The zero-order valence-corrected chi connectivity index (χ0v) is 15.8. The molecule has 0 saturated carbocycles. The van der Waals surface area contributed by atoms with Gasteiger partial charge in [0.15, 0.2) is 8.32 Å². The van der Waals surface area contributed by atoms with Gasteiger partial charge in [0.25, 0.3) is 0 Å². The Morgan fingerprint density at radius 3 is 1.05 bits per heavy atom. The van der Waals surface area contributed by atoms with Crippen LogP contribution in [0.2, 0.25) is 18.1 Å². The molecule has 0 aliphatic rings. The van der Waals surface area contributed by atoms with E-state index >= 15 is 0 Å². The van der Waals surface area contributed by atoms with Crippen LogP contribution in [0, 0.1) is 0 Å². The maximum atomic E-state index is 10.5. The number of hydrogen-bond acceptors (Lipinski definition) is 2. The van der Waals surface area contributed by atoms with E-state index in [0.29, 0.717) is 0 Å². The van der Waals surface area contributed by atoms with E-state index in [1.54, 1.807) is 0 Å². The zero-order chi connectivity index (χ0) is 12.9. The minimum atomic E-state index is -1.81. The summed E-state index contributed by atoms with van der Waals surface area (Å²) < 4.78 is 0. The van der Waals surface area contributed by atoms with Gasteiger partial charge in [-0.1, -0.05) is 59.3 Å². The monoisotopic (exact) mass is 332 g/mol. The van der Waals surface area contributed by atoms with Crippen molar-refractivity contribution in [2.45, 2.75) is 77.4 Å². The summed E-state index contributed by atoms with van der Waals surface area (Å²) in [5.74, 6) is 0. The molecule has 0 amide bonds. The molecule has 0 unspecified atom stereocenters. The summed E-state index contributed by atoms with van der Waals surface area (Å²) in [6.07, 6.45) is 7.39. The van der Waals surface area contributed by atoms with Crippen molar-refractivity contribution in [2.75, 3.05) is 7.11 Å². The van der Waals surface area contributed by atoms with Crippen LogP contribution in [0.5, 0.6) is 0 Å². The molecule has 0 atom stereocenters. The van der Waals surface area contributed by atoms with Gasteiger partial charge in [-0.05, 0) is 18.1 Å². The quantitative estimate of drug-likeness (QED) is 0.632. The summed E-state index contributed by atoms with van der Waals surface area (Å²) in [6, 6.07) is 3.43. The van der Waals surface area contributed by atoms with Crippen LogP contribution in [0.4, 0.5) is 0 Å². The van der Waals surface area contributed by atoms with Gasteiger partial charge >= 0.3 is 0 Å². The number of aliphatic hydroxyl groups excluding tert-OH is 1. The Morgan fingerprint density at radius 1 is 0.684 bits per heavy atom. The second kappa shape index (κ2) is 23.8. The second-order valence-electron chi connectivity index (χ2n) is 4.54. The fourth-order valence-corrected chi connectivity index (χ4v) is 5.68. The third kappa shape index (κ3) is 21.2. The van der Waals surface area contributed by atoms with E-state index in [9.17, 15) is 4.80 Å². The molecule has 0 aromatic rings. The molecule has 0 aliphatic carbocycles. The van der Waals surface area contributed by atoms with Crippen LogP contribution in [0.15, 0.2) is 0 Å². The van der Waals surface area contributed by atoms with Crippen molar-refractivity contribution in [1.82, 2.24) is 0 Å². The van der Waals surface area contributed by atoms with Crippen LogP contribution in [-0.2, 0) is 21.7 Å². The maximum Gasteiger partial charge on any atom is 0.188 e. The first-order valence-electron chi connectivity index (χ1n) is 6.85. The molecule has 0 fully saturated rings. The van der Waals surface area contributed by atoms with Gasteiger partial charge < -0.3 is 20.9 Å². The third-order valence-electron chi connectivity index (χ3n) is 2.99. The first-order chi connectivity index (χ1) is 7.68. The van der Waals surface area contributed by atoms with Crippen LogP contribution < -0.4 is 0 Å². The van der Waals surface area contributed by atoms with Gasteiger partial charge in [-0.15, -0.1) is 0 Å². The van der Waals surface area contributed by atoms with Crippen LogP contribution in [0.3, 0.4) is 0 Å². The smallest absolute Gasteiger partial charge is 0.188 e. The summed E-state index contributed by atoms with van der Waals surface area (Å²) in [6.45, 7) is 6.65. The molecule has 6 N–H and O–H groups in total. The first kappa shape index (κ1) is 31.9. The third-order valence-corrected chi connectivity index (χ3v) is 6.84. The Labute approximate surface area is 135 Å². The number of rotatable bonds is 9. The van der Waals surface area contributed by atoms with E-state index in [4.69, 9.17) is 5.11 Å². The van der Waals surface area contributed by atoms with Gasteiger partial charge in [0.1, 0.15) is 0 Å². The number of unbranched alkanes of at least 4 members (excludes halogenated alkanes) is 3. The molecule has 0 aliphatic heterocycles. The van der Waals surface area contributed by atoms with Crippen molar-refractivity contribution in [2.24, 2.45) is 0 Å². The standard InChI is InChI=1S/C12H28OSi.CH4O.2H2O.Ti/c1-4-7-10-14(13,11-8-5-2)12-9-6-3;1-2;;;/h13H,4-12H2,1-3H3;2H,1H3;2*1H2;. The van der Waals surface area contributed by atoms with E-state index in [-0.39, 0.29) is 32.7 Å². The van der Waals surface area contributed by atoms with Crippen LogP contribution in [0.25, 0.3) is 0 Å². The summed E-state index contributed by atoms with van der Waals surface area (Å²) in [5.41, 5.74) is 0. The van der Waals surface area contributed by atoms with Gasteiger partial charge in [0.05, 0.1) is 0 Å². The van der Waals surface area contributed by atoms with Gasteiger partial charge in [-0.25, -0.2) is 0 Å². The molecule has 0 radical (unpaired) electrons. The second-order valence-corrected chi connectivity index (χ2v) is 8.48. The van der Waals surface area contributed by atoms with Crippen molar-refractivity contribution in [1.29, 1.82) is 0 Å². The molecule has 0 saturated heterocycles. The van der Waals surface area contributed by atoms with Gasteiger partial charge in [-0.2, -0.15) is 0 Å². The summed E-state index contributed by atoms with van der Waals surface area (Å²) in [4.78, 5) is 10.5. The molecule has 0 bridgehead atoms. The molecule has 120 valence electrons. The summed E-state index contributed by atoms with van der Waals surface area (Å²) >= 11 is 0. The predicted octanol–water partition coefficient (Wildman–Crippen LogP) is 2.28. The number of aliphatic hydroxyl groups is 1. The summed E-state index contributed by atoms with van der Waals surface area (Å²) in [5, 5.41) is 7.00. The molecular formula is C13H36O4SiTi. The Kier molecular flexibility index (Phi) is 40.1. The zero-order valence-electron chi connectivity index (χ0n) is 13.3. The first-order valence-corrected chi connectivity index (χ1v) is 9.42. The fraction of sp³-hybridized carbons (Fsp3) is 1.00. The van der Waals surface area contributed by atoms with Crippen molar-refractivity contribution in [3.63, 3.8) is 0 Å². The minimum Gasteiger partial charge on any atom is -0.432 e. The van der Waals surface area contributed by atoms with Crippen molar-refractivity contribution < 1.29 is 42.6 Å². The number of hydrogen-bond donors (Lipinski definition) is 2. The Morgan fingerprint density at radius 2 is 0.895 bits per heavy atom. The average molecular weight is 332 g/mol. The van der Waals surface area contributed by atoms with E-state index in [1.165, 1.54) is 38.5 Å². The van der Waals surface area contributed by atoms with Gasteiger partial charge in [-0.3, -0.25) is 0 Å². The van der Waals surface area contributed by atoms with E-state index in [1.807, 2.05) is 0 Å². The fourth-order valence-electron chi connectivity index (χ4n) is 1.89. The molecule has 0 spiro atoms. The molecule has 0 aromatic carbocycles. The molecule has 6 heteroatoms.